The summed E-state index contributed by atoms with van der Waals surface area (Å²) in [6.45, 7) is 0.458. The van der Waals surface area contributed by atoms with Crippen LogP contribution in [0.15, 0.2) is 123 Å². The summed E-state index contributed by atoms with van der Waals surface area (Å²) in [5.74, 6) is 1.92. The highest BCUT2D eigenvalue weighted by atomic mass is 35.5. The molecule has 5 fully saturated rings. The van der Waals surface area contributed by atoms with Gasteiger partial charge < -0.3 is 27.8 Å². The molecule has 454 valence electrons. The Bertz CT molecular complexity index is 3380. The highest BCUT2D eigenvalue weighted by Gasteiger charge is 2.59. The number of thiophene rings is 1. The van der Waals surface area contributed by atoms with Gasteiger partial charge in [0.1, 0.15) is 11.4 Å². The van der Waals surface area contributed by atoms with Gasteiger partial charge in [-0.1, -0.05) is 124 Å². The number of pyridine rings is 1. The molecule has 0 radical (unpaired) electrons. The van der Waals surface area contributed by atoms with Gasteiger partial charge in [0.05, 0.1) is 12.7 Å². The molecule has 3 aromatic carbocycles. The zero-order valence-corrected chi connectivity index (χ0v) is 51.1. The van der Waals surface area contributed by atoms with Crippen LogP contribution in [0.5, 0.6) is 0 Å². The number of amides is 5. The highest BCUT2D eigenvalue weighted by Crippen LogP contribution is 2.53. The molecule has 0 saturated heterocycles. The third-order valence-corrected chi connectivity index (χ3v) is 20.2. The molecule has 2 aromatic heterocycles. The number of urea groups is 1. The lowest BCUT2D eigenvalue weighted by atomic mass is 9.74. The number of likely N-dealkylation sites (N-methyl/N-ethyl adjacent to an activating group) is 2. The third-order valence-electron chi connectivity index (χ3n) is 19.2. The second-order valence-corrected chi connectivity index (χ2v) is 26.5. The molecule has 16 nitrogen and oxygen atoms in total. The summed E-state index contributed by atoms with van der Waals surface area (Å²) in [7, 11) is 3.40. The first-order valence-electron chi connectivity index (χ1n) is 31.2. The average molecular weight is 1210 g/mol. The summed E-state index contributed by atoms with van der Waals surface area (Å²) >= 11 is 7.79. The highest BCUT2D eigenvalue weighted by molar-refractivity contribution is 7.08. The van der Waals surface area contributed by atoms with Crippen LogP contribution in [0.4, 0.5) is 9.18 Å². The molecule has 13 rings (SSSR count). The summed E-state index contributed by atoms with van der Waals surface area (Å²) in [6, 6.07) is 27.3. The van der Waals surface area contributed by atoms with Gasteiger partial charge in [0.15, 0.2) is 29.0 Å². The predicted octanol–water partition coefficient (Wildman–Crippen LogP) is 11.8. The first-order chi connectivity index (χ1) is 41.5. The van der Waals surface area contributed by atoms with Gasteiger partial charge in [0.25, 0.3) is 17.7 Å². The summed E-state index contributed by atoms with van der Waals surface area (Å²) in [6.07, 6.45) is 25.8. The molecule has 3 aliphatic heterocycles. The van der Waals surface area contributed by atoms with Crippen LogP contribution in [0.3, 0.4) is 0 Å². The number of carbonyl (C=O) groups is 4. The summed E-state index contributed by atoms with van der Waals surface area (Å²) in [4.78, 5) is 75.1. The maximum absolute atomic E-state index is 13.7. The molecule has 5 aromatic rings. The number of nitrogens with one attached hydrogen (secondary N) is 2. The number of aromatic nitrogens is 1. The lowest BCUT2D eigenvalue weighted by molar-refractivity contribution is -0.133. The van der Waals surface area contributed by atoms with Crippen LogP contribution in [-0.2, 0) is 32.0 Å². The van der Waals surface area contributed by atoms with Crippen LogP contribution in [0.25, 0.3) is 22.3 Å². The Morgan fingerprint density at radius 1 is 0.628 bits per heavy atom. The lowest BCUT2D eigenvalue weighted by Gasteiger charge is -2.36. The third kappa shape index (κ3) is 13.1. The molecule has 86 heavy (non-hydrogen) atoms. The van der Waals surface area contributed by atoms with E-state index in [-0.39, 0.29) is 47.6 Å². The number of guanidine groups is 3. The maximum Gasteiger partial charge on any atom is 0.315 e. The van der Waals surface area contributed by atoms with Gasteiger partial charge in [0.2, 0.25) is 0 Å². The fourth-order valence-corrected chi connectivity index (χ4v) is 15.1. The van der Waals surface area contributed by atoms with E-state index in [0.717, 1.165) is 123 Å². The van der Waals surface area contributed by atoms with Crippen molar-refractivity contribution in [2.24, 2.45) is 55.8 Å². The van der Waals surface area contributed by atoms with Crippen molar-refractivity contribution >= 4 is 64.6 Å². The Hall–Kier alpha value is -7.18. The number of rotatable bonds is 15. The molecule has 5 saturated carbocycles. The van der Waals surface area contributed by atoms with Gasteiger partial charge in [-0.2, -0.15) is 11.3 Å². The van der Waals surface area contributed by atoms with E-state index in [2.05, 4.69) is 26.7 Å². The Morgan fingerprint density at radius 2 is 1.20 bits per heavy atom. The standard InChI is InChI=1S/C26H45N5O2.C23H20ClN3OS.C18H17FN4O/c1-31-23(32)26(30-24(31)27,16-15-19-9-4-2-5-10-19)18-20-11-8-14-22(17-20)29-25(33)28-21-12-6-3-7-13-21;24-20-6-2-4-17(12-20)16-3-1-5-19(11-16)23(18-7-8-18)21(28)27(22(25)26-23)13-15-9-10-29-14-15;1-23-16(24)18(13-5-6-13,22-17(23)20)14-4-2-3-11(7-14)12-8-15(19)10-21-9-12/h19-22H,2-18H2,1H3,(H2,27,30)(H2,28,29,33);1-6,9-12,14,18H,7-8,13H2,(H2,25,26);2-4,7-10,13H,5-6H2,1H3,(H2,20,22)/t20-,22+,26+;;/m0../s1. The Morgan fingerprint density at radius 3 is 1.79 bits per heavy atom. The lowest BCUT2D eigenvalue weighted by Crippen LogP contribution is -2.49. The second-order valence-electron chi connectivity index (χ2n) is 25.3. The minimum Gasteiger partial charge on any atom is -0.369 e. The van der Waals surface area contributed by atoms with Crippen molar-refractivity contribution < 1.29 is 23.6 Å². The van der Waals surface area contributed by atoms with E-state index in [1.54, 1.807) is 41.4 Å². The Labute approximate surface area is 513 Å². The molecule has 19 heteroatoms. The quantitative estimate of drug-likeness (QED) is 0.0675. The van der Waals surface area contributed by atoms with Gasteiger partial charge in [-0.25, -0.2) is 24.2 Å². The molecular formula is C67H82ClFN12O4S. The number of hydrogen-bond donors (Lipinski definition) is 5. The zero-order chi connectivity index (χ0) is 60.2. The fourth-order valence-electron chi connectivity index (χ4n) is 14.3. The monoisotopic (exact) mass is 1200 g/mol. The molecule has 5 aliphatic carbocycles. The minimum atomic E-state index is -0.949. The van der Waals surface area contributed by atoms with E-state index in [4.69, 9.17) is 38.8 Å². The number of nitrogens with two attached hydrogens (primary N) is 3. The van der Waals surface area contributed by atoms with Crippen molar-refractivity contribution in [3.05, 3.63) is 136 Å². The smallest absolute Gasteiger partial charge is 0.315 e. The summed E-state index contributed by atoms with van der Waals surface area (Å²) in [5, 5.41) is 11.2. The number of halogens is 2. The van der Waals surface area contributed by atoms with Gasteiger partial charge in [-0.3, -0.25) is 34.1 Å². The van der Waals surface area contributed by atoms with Crippen LogP contribution in [0, 0.1) is 29.5 Å². The second kappa shape index (κ2) is 26.0. The van der Waals surface area contributed by atoms with Crippen LogP contribution in [-0.4, -0.2) is 93.0 Å². The molecule has 5 heterocycles. The average Bonchev–Trinajstić information content (AvgIpc) is 1.66. The first-order valence-corrected chi connectivity index (χ1v) is 32.5. The van der Waals surface area contributed by atoms with E-state index in [9.17, 15) is 23.6 Å². The number of hydrogen-bond acceptors (Lipinski definition) is 12. The first kappa shape index (κ1) is 60.5. The van der Waals surface area contributed by atoms with E-state index < -0.39 is 22.4 Å². The van der Waals surface area contributed by atoms with Gasteiger partial charge in [0, 0.05) is 43.0 Å². The van der Waals surface area contributed by atoms with E-state index >= 15 is 0 Å². The molecule has 0 spiro atoms. The Balaban J connectivity index is 0.000000135. The largest absolute Gasteiger partial charge is 0.369 e. The molecule has 5 amide bonds. The SMILES string of the molecule is CN1C(=O)C(c2cccc(-c3cncc(F)c3)c2)(C2CC2)N=C1N.CN1C(=O)[C@@](CCC2CCCCC2)(C[C@H]2CCC[C@@H](NC(=O)NC3CCCCC3)C2)N=C1N.NC1=NC(c2cccc(-c3cccc(Cl)c3)c2)(C2CC2)C(=O)N1Cc1ccsc1. The maximum atomic E-state index is 13.7. The van der Waals surface area contributed by atoms with E-state index in [0.29, 0.717) is 41.0 Å². The van der Waals surface area contributed by atoms with Crippen LogP contribution in [0.2, 0.25) is 5.02 Å². The topological polar surface area (TPSA) is 230 Å². The van der Waals surface area contributed by atoms with Crippen molar-refractivity contribution in [1.29, 1.82) is 0 Å². The normalized spacial score (nSPS) is 26.1. The van der Waals surface area contributed by atoms with Crippen molar-refractivity contribution in [1.82, 2.24) is 30.3 Å². The van der Waals surface area contributed by atoms with Gasteiger partial charge in [-0.05, 0) is 175 Å². The van der Waals surface area contributed by atoms with Crippen molar-refractivity contribution in [3.63, 3.8) is 0 Å². The number of benzene rings is 3. The summed E-state index contributed by atoms with van der Waals surface area (Å²) in [5.41, 5.74) is 22.0. The van der Waals surface area contributed by atoms with Crippen molar-refractivity contribution in [3.8, 4) is 22.3 Å². The van der Waals surface area contributed by atoms with E-state index in [1.165, 1.54) is 68.5 Å². The molecule has 0 bridgehead atoms. The molecule has 8 N–H and O–H groups in total. The van der Waals surface area contributed by atoms with Crippen molar-refractivity contribution in [2.75, 3.05) is 14.1 Å². The van der Waals surface area contributed by atoms with E-state index in [1.807, 2.05) is 83.6 Å². The van der Waals surface area contributed by atoms with Crippen LogP contribution in [0.1, 0.15) is 152 Å². The minimum absolute atomic E-state index is 0.0153. The van der Waals surface area contributed by atoms with Gasteiger partial charge >= 0.3 is 6.03 Å². The molecule has 8 aliphatic rings. The number of aliphatic imine (C=N–C) groups is 3. The number of carbonyl (C=O) groups excluding carboxylic acids is 4. The molecular weight excluding hydrogens is 1120 g/mol. The Kier molecular flexibility index (Phi) is 18.3. The van der Waals surface area contributed by atoms with Crippen LogP contribution < -0.4 is 27.8 Å². The van der Waals surface area contributed by atoms with Gasteiger partial charge in [-0.15, -0.1) is 0 Å². The summed E-state index contributed by atoms with van der Waals surface area (Å²) < 4.78 is 13.5. The fraction of sp³-hybridized carbons (Fsp3) is 0.493. The molecule has 2 unspecified atom stereocenters. The molecule has 5 atom stereocenters. The van der Waals surface area contributed by atoms with Crippen molar-refractivity contribution in [2.45, 2.75) is 170 Å². The van der Waals surface area contributed by atoms with Crippen LogP contribution >= 0.6 is 22.9 Å². The number of nitrogens with zero attached hydrogens (tertiary/aromatic N) is 7. The zero-order valence-electron chi connectivity index (χ0n) is 49.6. The predicted molar refractivity (Wildman–Crippen MR) is 338 cm³/mol.